The third kappa shape index (κ3) is 6.72. The smallest absolute Gasteiger partial charge is 0.421 e. The summed E-state index contributed by atoms with van der Waals surface area (Å²) in [4.78, 5) is 33.7. The van der Waals surface area contributed by atoms with Crippen molar-refractivity contribution in [1.82, 2.24) is 14.9 Å². The SMILES string of the molecule is CCOP(Cc1ccc(Nc2ncc(C(F)(F)F)c(Nc3ccc(C(=O)O)c4c3C(=O)N(C)C4)n2)c(OC)c1)OCC. The number of benzene rings is 2. The molecule has 1 aromatic heterocycles. The summed E-state index contributed by atoms with van der Waals surface area (Å²) >= 11 is 0. The van der Waals surface area contributed by atoms with Crippen LogP contribution in [0.25, 0.3) is 0 Å². The largest absolute Gasteiger partial charge is 0.495 e. The van der Waals surface area contributed by atoms with E-state index >= 15 is 0 Å². The van der Waals surface area contributed by atoms with Crippen molar-refractivity contribution in [1.29, 1.82) is 0 Å². The molecule has 2 heterocycles. The zero-order valence-electron chi connectivity index (χ0n) is 23.2. The van der Waals surface area contributed by atoms with Crippen molar-refractivity contribution in [3.8, 4) is 5.75 Å². The number of anilines is 4. The first-order valence-corrected chi connectivity index (χ1v) is 14.2. The molecule has 3 N–H and O–H groups in total. The van der Waals surface area contributed by atoms with Crippen LogP contribution < -0.4 is 15.4 Å². The van der Waals surface area contributed by atoms with Crippen molar-refractivity contribution in [2.45, 2.75) is 32.7 Å². The number of carboxylic acid groups (broad SMARTS) is 1. The van der Waals surface area contributed by atoms with Crippen molar-refractivity contribution in [2.75, 3.05) is 38.0 Å². The van der Waals surface area contributed by atoms with Gasteiger partial charge < -0.3 is 34.4 Å². The van der Waals surface area contributed by atoms with Gasteiger partial charge in [0.2, 0.25) is 5.95 Å². The molecule has 0 spiro atoms. The van der Waals surface area contributed by atoms with E-state index in [1.807, 2.05) is 13.8 Å². The van der Waals surface area contributed by atoms with Gasteiger partial charge in [-0.25, -0.2) is 9.78 Å². The number of carboxylic acids is 1. The van der Waals surface area contributed by atoms with Crippen LogP contribution in [0.3, 0.4) is 0 Å². The normalized spacial score (nSPS) is 13.0. The van der Waals surface area contributed by atoms with Gasteiger partial charge >= 0.3 is 12.1 Å². The third-order valence-corrected chi connectivity index (χ3v) is 7.93. The Balaban J connectivity index is 1.68. The number of methoxy groups -OCH3 is 1. The van der Waals surface area contributed by atoms with E-state index in [2.05, 4.69) is 20.6 Å². The van der Waals surface area contributed by atoms with E-state index in [1.165, 1.54) is 31.2 Å². The molecule has 0 atom stereocenters. The Kier molecular flexibility index (Phi) is 9.50. The van der Waals surface area contributed by atoms with Crippen molar-refractivity contribution < 1.29 is 41.7 Å². The molecule has 0 saturated heterocycles. The highest BCUT2D eigenvalue weighted by atomic mass is 31.2. The van der Waals surface area contributed by atoms with Crippen LogP contribution in [0.4, 0.5) is 36.3 Å². The minimum Gasteiger partial charge on any atom is -0.495 e. The van der Waals surface area contributed by atoms with Crippen LogP contribution in [0.5, 0.6) is 5.75 Å². The van der Waals surface area contributed by atoms with Gasteiger partial charge in [0.25, 0.3) is 5.91 Å². The lowest BCUT2D eigenvalue weighted by Gasteiger charge is -2.18. The molecule has 3 aromatic rings. The summed E-state index contributed by atoms with van der Waals surface area (Å²) in [6.45, 7) is 4.76. The number of nitrogens with zero attached hydrogens (tertiary/aromatic N) is 3. The standard InChI is InChI=1S/C27H29F3N5O6P/c1-5-40-42(41-6-2)14-15-7-9-19(21(11-15)39-4)33-26-31-12-18(27(28,29)30)23(34-26)32-20-10-8-16(25(37)38)17-13-35(3)24(36)22(17)20/h7-12H,5-6,13-14H2,1-4H3,(H,37,38)(H2,31,32,33,34). The maximum Gasteiger partial charge on any atom is 0.421 e. The molecule has 15 heteroatoms. The predicted molar refractivity (Wildman–Crippen MR) is 150 cm³/mol. The number of amides is 1. The molecule has 224 valence electrons. The van der Waals surface area contributed by atoms with Gasteiger partial charge in [-0.2, -0.15) is 18.2 Å². The highest BCUT2D eigenvalue weighted by molar-refractivity contribution is 7.46. The molecule has 2 aromatic carbocycles. The Bertz CT molecular complexity index is 1480. The Hall–Kier alpha value is -4.00. The summed E-state index contributed by atoms with van der Waals surface area (Å²) in [5.41, 5.74) is 0.132. The summed E-state index contributed by atoms with van der Waals surface area (Å²) in [5.74, 6) is -2.19. The minimum absolute atomic E-state index is 0.000857. The van der Waals surface area contributed by atoms with Crippen molar-refractivity contribution in [3.63, 3.8) is 0 Å². The first-order valence-electron chi connectivity index (χ1n) is 12.8. The van der Waals surface area contributed by atoms with E-state index in [-0.39, 0.29) is 34.9 Å². The zero-order valence-corrected chi connectivity index (χ0v) is 24.1. The second-order valence-corrected chi connectivity index (χ2v) is 10.5. The zero-order chi connectivity index (χ0) is 30.6. The molecule has 11 nitrogen and oxygen atoms in total. The number of carbonyl (C=O) groups excluding carboxylic acids is 1. The topological polar surface area (TPSA) is 135 Å². The van der Waals surface area contributed by atoms with Gasteiger partial charge in [0, 0.05) is 31.5 Å². The fraction of sp³-hybridized carbons (Fsp3) is 0.333. The second kappa shape index (κ2) is 12.9. The Labute approximate surface area is 240 Å². The van der Waals surface area contributed by atoms with E-state index < -0.39 is 37.8 Å². The molecule has 42 heavy (non-hydrogen) atoms. The lowest BCUT2D eigenvalue weighted by atomic mass is 10.0. The summed E-state index contributed by atoms with van der Waals surface area (Å²) in [6, 6.07) is 7.72. The molecule has 1 aliphatic rings. The summed E-state index contributed by atoms with van der Waals surface area (Å²) in [5, 5.41) is 15.0. The van der Waals surface area contributed by atoms with E-state index in [4.69, 9.17) is 13.8 Å². The van der Waals surface area contributed by atoms with Crippen molar-refractivity contribution in [3.05, 3.63) is 64.3 Å². The van der Waals surface area contributed by atoms with Crippen molar-refractivity contribution >= 4 is 43.4 Å². The first-order chi connectivity index (χ1) is 20.0. The summed E-state index contributed by atoms with van der Waals surface area (Å²) < 4.78 is 58.6. The van der Waals surface area contributed by atoms with Crippen LogP contribution in [-0.2, 0) is 27.9 Å². The number of rotatable bonds is 12. The highest BCUT2D eigenvalue weighted by Gasteiger charge is 2.37. The quantitative estimate of drug-likeness (QED) is 0.206. The molecule has 0 unspecified atom stereocenters. The average Bonchev–Trinajstić information content (AvgIpc) is 3.23. The first kappa shape index (κ1) is 30.9. The maximum absolute atomic E-state index is 13.9. The van der Waals surface area contributed by atoms with E-state index in [9.17, 15) is 27.9 Å². The molecule has 0 radical (unpaired) electrons. The maximum atomic E-state index is 13.9. The Morgan fingerprint density at radius 2 is 1.81 bits per heavy atom. The van der Waals surface area contributed by atoms with Gasteiger partial charge in [-0.15, -0.1) is 0 Å². The van der Waals surface area contributed by atoms with Crippen molar-refractivity contribution in [2.24, 2.45) is 0 Å². The molecule has 0 aliphatic carbocycles. The number of hydrogen-bond donors (Lipinski definition) is 3. The molecule has 1 aliphatic heterocycles. The lowest BCUT2D eigenvalue weighted by Crippen LogP contribution is -2.18. The van der Waals surface area contributed by atoms with Gasteiger partial charge in [-0.05, 0) is 43.7 Å². The van der Waals surface area contributed by atoms with Gasteiger partial charge in [-0.3, -0.25) is 4.79 Å². The lowest BCUT2D eigenvalue weighted by molar-refractivity contribution is -0.137. The summed E-state index contributed by atoms with van der Waals surface area (Å²) in [6.07, 6.45) is -3.70. The molecule has 0 bridgehead atoms. The Morgan fingerprint density at radius 3 is 2.43 bits per heavy atom. The number of aromatic nitrogens is 2. The van der Waals surface area contributed by atoms with Crippen LogP contribution in [0.2, 0.25) is 0 Å². The third-order valence-electron chi connectivity index (χ3n) is 6.22. The number of ether oxygens (including phenoxy) is 1. The highest BCUT2D eigenvalue weighted by Crippen LogP contribution is 2.43. The number of hydrogen-bond acceptors (Lipinski definition) is 9. The summed E-state index contributed by atoms with van der Waals surface area (Å²) in [7, 11) is 1.78. The van der Waals surface area contributed by atoms with Gasteiger partial charge in [0.05, 0.1) is 42.8 Å². The van der Waals surface area contributed by atoms with Gasteiger partial charge in [-0.1, -0.05) is 6.07 Å². The number of nitrogens with one attached hydrogen (secondary N) is 2. The van der Waals surface area contributed by atoms with Gasteiger partial charge in [0.15, 0.2) is 8.38 Å². The monoisotopic (exact) mass is 607 g/mol. The molecular weight excluding hydrogens is 578 g/mol. The number of aromatic carboxylic acids is 1. The van der Waals surface area contributed by atoms with Crippen LogP contribution in [0.1, 0.15) is 51.3 Å². The Morgan fingerprint density at radius 1 is 1.12 bits per heavy atom. The number of carbonyl (C=O) groups is 2. The number of fused-ring (bicyclic) bond motifs is 1. The van der Waals surface area contributed by atoms with Crippen LogP contribution in [-0.4, -0.2) is 59.2 Å². The fourth-order valence-electron chi connectivity index (χ4n) is 4.36. The van der Waals surface area contributed by atoms with E-state index in [0.29, 0.717) is 37.0 Å². The molecule has 0 saturated carbocycles. The van der Waals surface area contributed by atoms with E-state index in [1.54, 1.807) is 18.2 Å². The molecule has 1 amide bonds. The molecular formula is C27H29F3N5O6P. The van der Waals surface area contributed by atoms with Crippen LogP contribution in [0, 0.1) is 0 Å². The van der Waals surface area contributed by atoms with E-state index in [0.717, 1.165) is 5.56 Å². The molecule has 0 fully saturated rings. The van der Waals surface area contributed by atoms with Gasteiger partial charge in [0.1, 0.15) is 17.1 Å². The molecule has 4 rings (SSSR count). The predicted octanol–water partition coefficient (Wildman–Crippen LogP) is 6.16. The minimum atomic E-state index is -4.83. The number of alkyl halides is 3. The van der Waals surface area contributed by atoms with Crippen LogP contribution in [0.15, 0.2) is 36.5 Å². The van der Waals surface area contributed by atoms with Crippen LogP contribution >= 0.6 is 8.38 Å². The second-order valence-electron chi connectivity index (χ2n) is 9.05. The average molecular weight is 608 g/mol. The fourth-order valence-corrected chi connectivity index (χ4v) is 5.68. The number of halogens is 3.